The number of hydrogen-bond donors (Lipinski definition) is 1. The third-order valence-corrected chi connectivity index (χ3v) is 4.98. The van der Waals surface area contributed by atoms with Crippen molar-refractivity contribution in [2.24, 2.45) is 0 Å². The molecule has 2 heterocycles. The van der Waals surface area contributed by atoms with E-state index in [1.807, 2.05) is 12.1 Å². The lowest BCUT2D eigenvalue weighted by molar-refractivity contribution is -0.137. The topological polar surface area (TPSA) is 85.8 Å². The smallest absolute Gasteiger partial charge is 0.303 e. The number of unbranched alkanes of at least 4 members (excludes halogenated alkanes) is 1. The van der Waals surface area contributed by atoms with Gasteiger partial charge in [-0.05, 0) is 47.4 Å². The molecule has 0 unspecified atom stereocenters. The average molecular weight is 407 g/mol. The van der Waals surface area contributed by atoms with Gasteiger partial charge in [-0.15, -0.1) is 10.2 Å². The van der Waals surface area contributed by atoms with Gasteiger partial charge in [-0.3, -0.25) is 4.79 Å². The van der Waals surface area contributed by atoms with Crippen LogP contribution >= 0.6 is 0 Å². The Morgan fingerprint density at radius 1 is 1.07 bits per heavy atom. The number of carboxylic acid groups (broad SMARTS) is 1. The molecule has 8 heteroatoms. The molecule has 4 rings (SSSR count). The molecule has 0 aliphatic carbocycles. The third kappa shape index (κ3) is 4.71. The van der Waals surface area contributed by atoms with Gasteiger partial charge in [0.25, 0.3) is 0 Å². The van der Waals surface area contributed by atoms with Crippen LogP contribution in [0.1, 0.15) is 36.2 Å². The fraction of sp³-hybridized carbons (Fsp3) is 0.273. The van der Waals surface area contributed by atoms with Crippen LogP contribution in [0.2, 0.25) is 0 Å². The molecule has 0 atom stereocenters. The molecular formula is C22H22FN5O2. The fourth-order valence-corrected chi connectivity index (χ4v) is 3.52. The molecule has 0 spiro atoms. The van der Waals surface area contributed by atoms with Gasteiger partial charge in [-0.25, -0.2) is 4.39 Å². The first kappa shape index (κ1) is 19.8. The zero-order valence-corrected chi connectivity index (χ0v) is 16.4. The Kier molecular flexibility index (Phi) is 5.83. The summed E-state index contributed by atoms with van der Waals surface area (Å²) in [5.41, 5.74) is 3.21. The highest BCUT2D eigenvalue weighted by molar-refractivity contribution is 5.84. The van der Waals surface area contributed by atoms with Crippen LogP contribution in [0.4, 0.5) is 4.39 Å². The lowest BCUT2D eigenvalue weighted by atomic mass is 10.1. The first-order chi connectivity index (χ1) is 14.6. The van der Waals surface area contributed by atoms with Crippen LogP contribution in [0.3, 0.4) is 0 Å². The average Bonchev–Trinajstić information content (AvgIpc) is 3.32. The highest BCUT2D eigenvalue weighted by Gasteiger charge is 2.12. The number of carbonyl (C=O) groups is 1. The van der Waals surface area contributed by atoms with Crippen LogP contribution in [0.25, 0.3) is 10.9 Å². The standard InChI is InChI=1S/C22H22FN5O2/c23-18-10-8-16(9-11-18)14-27-15-17(19-5-1-2-6-20(19)27)13-21-24-26-28(25-21)12-4-3-7-22(29)30/h1-2,5-6,8-11,15H,3-4,7,12-14H2,(H,29,30). The van der Waals surface area contributed by atoms with Gasteiger partial charge >= 0.3 is 5.97 Å². The minimum atomic E-state index is -0.792. The summed E-state index contributed by atoms with van der Waals surface area (Å²) in [4.78, 5) is 12.1. The first-order valence-corrected chi connectivity index (χ1v) is 9.88. The van der Waals surface area contributed by atoms with Crippen molar-refractivity contribution < 1.29 is 14.3 Å². The van der Waals surface area contributed by atoms with E-state index in [4.69, 9.17) is 5.11 Å². The minimum absolute atomic E-state index is 0.148. The molecule has 2 aromatic carbocycles. The Balaban J connectivity index is 1.49. The number of benzene rings is 2. The molecule has 30 heavy (non-hydrogen) atoms. The van der Waals surface area contributed by atoms with Gasteiger partial charge in [0.2, 0.25) is 0 Å². The highest BCUT2D eigenvalue weighted by atomic mass is 19.1. The second kappa shape index (κ2) is 8.86. The number of aromatic nitrogens is 5. The highest BCUT2D eigenvalue weighted by Crippen LogP contribution is 2.24. The van der Waals surface area contributed by atoms with Crippen molar-refractivity contribution in [3.05, 3.63) is 77.5 Å². The zero-order valence-electron chi connectivity index (χ0n) is 16.4. The summed E-state index contributed by atoms with van der Waals surface area (Å²) >= 11 is 0. The molecule has 0 amide bonds. The third-order valence-electron chi connectivity index (χ3n) is 4.98. The zero-order chi connectivity index (χ0) is 20.9. The van der Waals surface area contributed by atoms with Gasteiger partial charge in [0.15, 0.2) is 5.82 Å². The van der Waals surface area contributed by atoms with Crippen LogP contribution in [-0.2, 0) is 24.3 Å². The molecule has 0 aliphatic rings. The molecule has 4 aromatic rings. The number of para-hydroxylation sites is 1. The van der Waals surface area contributed by atoms with Gasteiger partial charge in [0.05, 0.1) is 6.54 Å². The molecule has 0 radical (unpaired) electrons. The van der Waals surface area contributed by atoms with Crippen molar-refractivity contribution in [2.45, 2.75) is 38.8 Å². The van der Waals surface area contributed by atoms with Crippen molar-refractivity contribution in [2.75, 3.05) is 0 Å². The van der Waals surface area contributed by atoms with Crippen molar-refractivity contribution in [3.63, 3.8) is 0 Å². The molecule has 2 aromatic heterocycles. The maximum absolute atomic E-state index is 13.2. The second-order valence-corrected chi connectivity index (χ2v) is 7.26. The van der Waals surface area contributed by atoms with Crippen LogP contribution in [0, 0.1) is 5.82 Å². The van der Waals surface area contributed by atoms with E-state index < -0.39 is 5.97 Å². The van der Waals surface area contributed by atoms with E-state index >= 15 is 0 Å². The predicted molar refractivity (Wildman–Crippen MR) is 110 cm³/mol. The fourth-order valence-electron chi connectivity index (χ4n) is 3.52. The quantitative estimate of drug-likeness (QED) is 0.428. The van der Waals surface area contributed by atoms with Crippen molar-refractivity contribution in [1.29, 1.82) is 0 Å². The normalized spacial score (nSPS) is 11.2. The first-order valence-electron chi connectivity index (χ1n) is 9.88. The van der Waals surface area contributed by atoms with Crippen LogP contribution in [0.5, 0.6) is 0 Å². The number of halogens is 1. The largest absolute Gasteiger partial charge is 0.481 e. The Hall–Kier alpha value is -3.55. The number of hydrogen-bond acceptors (Lipinski definition) is 4. The number of aliphatic carboxylic acids is 1. The SMILES string of the molecule is O=C(O)CCCCn1nnc(Cc2cn(Cc3ccc(F)cc3)c3ccccc23)n1. The summed E-state index contributed by atoms with van der Waals surface area (Å²) in [6.45, 7) is 1.19. The number of tetrazole rings is 1. The number of nitrogens with zero attached hydrogens (tertiary/aromatic N) is 5. The number of aryl methyl sites for hydroxylation is 1. The van der Waals surface area contributed by atoms with Crippen molar-refractivity contribution in [1.82, 2.24) is 24.8 Å². The summed E-state index contributed by atoms with van der Waals surface area (Å²) in [6, 6.07) is 14.7. The molecule has 7 nitrogen and oxygen atoms in total. The van der Waals surface area contributed by atoms with Gasteiger partial charge in [-0.1, -0.05) is 30.3 Å². The lowest BCUT2D eigenvalue weighted by Crippen LogP contribution is -2.04. The van der Waals surface area contributed by atoms with E-state index in [1.165, 1.54) is 16.9 Å². The van der Waals surface area contributed by atoms with E-state index in [-0.39, 0.29) is 12.2 Å². The number of fused-ring (bicyclic) bond motifs is 1. The van der Waals surface area contributed by atoms with Gasteiger partial charge < -0.3 is 9.67 Å². The lowest BCUT2D eigenvalue weighted by Gasteiger charge is -2.05. The Labute approximate surface area is 172 Å². The molecule has 0 fully saturated rings. The van der Waals surface area contributed by atoms with Crippen LogP contribution < -0.4 is 0 Å². The van der Waals surface area contributed by atoms with E-state index in [9.17, 15) is 9.18 Å². The van der Waals surface area contributed by atoms with Gasteiger partial charge in [-0.2, -0.15) is 4.80 Å². The van der Waals surface area contributed by atoms with Gasteiger partial charge in [0, 0.05) is 36.5 Å². The summed E-state index contributed by atoms with van der Waals surface area (Å²) in [5.74, 6) is -0.411. The Morgan fingerprint density at radius 3 is 2.67 bits per heavy atom. The van der Waals surface area contributed by atoms with Crippen molar-refractivity contribution >= 4 is 16.9 Å². The van der Waals surface area contributed by atoms with Crippen molar-refractivity contribution in [3.8, 4) is 0 Å². The van der Waals surface area contributed by atoms with Crippen LogP contribution in [0.15, 0.2) is 54.7 Å². The summed E-state index contributed by atoms with van der Waals surface area (Å²) < 4.78 is 15.4. The molecular weight excluding hydrogens is 385 g/mol. The van der Waals surface area contributed by atoms with Gasteiger partial charge in [0.1, 0.15) is 5.82 Å². The molecule has 0 aliphatic heterocycles. The summed E-state index contributed by atoms with van der Waals surface area (Å²) in [5, 5.41) is 22.5. The minimum Gasteiger partial charge on any atom is -0.481 e. The number of carboxylic acids is 1. The van der Waals surface area contributed by atoms with E-state index in [2.05, 4.69) is 38.3 Å². The summed E-state index contributed by atoms with van der Waals surface area (Å²) in [6.07, 6.45) is 4.06. The Bertz CT molecular complexity index is 1150. The molecule has 0 bridgehead atoms. The van der Waals surface area contributed by atoms with E-state index in [0.29, 0.717) is 38.2 Å². The van der Waals surface area contributed by atoms with E-state index in [1.54, 1.807) is 12.1 Å². The predicted octanol–water partition coefficient (Wildman–Crippen LogP) is 3.66. The maximum Gasteiger partial charge on any atom is 0.303 e. The molecule has 1 N–H and O–H groups in total. The second-order valence-electron chi connectivity index (χ2n) is 7.26. The number of rotatable bonds is 9. The Morgan fingerprint density at radius 2 is 1.87 bits per heavy atom. The summed E-state index contributed by atoms with van der Waals surface area (Å²) in [7, 11) is 0. The van der Waals surface area contributed by atoms with E-state index in [0.717, 1.165) is 22.0 Å². The molecule has 0 saturated carbocycles. The maximum atomic E-state index is 13.2. The monoisotopic (exact) mass is 407 g/mol. The molecule has 154 valence electrons. The molecule has 0 saturated heterocycles. The van der Waals surface area contributed by atoms with Crippen LogP contribution in [-0.4, -0.2) is 35.9 Å².